The average molecular weight is 448 g/mol. The lowest BCUT2D eigenvalue weighted by Gasteiger charge is -2.29. The number of ether oxygens (including phenoxy) is 1. The summed E-state index contributed by atoms with van der Waals surface area (Å²) in [6.45, 7) is 3.86. The standard InChI is InChI=1S/C26H25NO4S/c1-16(2)24(28)22-23(21-7-5-4-6-18(21)14-31-3)27(26(30)25(22)29)20-10-8-17(9-11-20)19-12-13-32-15-19/h4-13,15-16,23,29H,14H2,1-3H3/t23-/m1/s1. The predicted molar refractivity (Wildman–Crippen MR) is 127 cm³/mol. The molecule has 0 fully saturated rings. The zero-order valence-corrected chi connectivity index (χ0v) is 19.1. The SMILES string of the molecule is COCc1ccccc1[C@@H]1C(C(=O)C(C)C)=C(O)C(=O)N1c1ccc(-c2ccsc2)cc1. The molecule has 2 heterocycles. The van der Waals surface area contributed by atoms with Gasteiger partial charge in [0.25, 0.3) is 5.91 Å². The van der Waals surface area contributed by atoms with Crippen molar-refractivity contribution in [1.82, 2.24) is 0 Å². The molecule has 0 aliphatic carbocycles. The fourth-order valence-electron chi connectivity index (χ4n) is 4.06. The predicted octanol–water partition coefficient (Wildman–Crippen LogP) is 5.69. The fraction of sp³-hybridized carbons (Fsp3) is 0.231. The highest BCUT2D eigenvalue weighted by Gasteiger charge is 2.45. The minimum atomic E-state index is -0.726. The normalized spacial score (nSPS) is 16.3. The van der Waals surface area contributed by atoms with Crippen LogP contribution in [0.2, 0.25) is 0 Å². The van der Waals surface area contributed by atoms with E-state index in [9.17, 15) is 14.7 Å². The second-order valence-corrected chi connectivity index (χ2v) is 8.83. The molecular weight excluding hydrogens is 422 g/mol. The van der Waals surface area contributed by atoms with E-state index < -0.39 is 17.7 Å². The molecular formula is C26H25NO4S. The Bertz CT molecular complexity index is 1160. The molecule has 2 aromatic carbocycles. The summed E-state index contributed by atoms with van der Waals surface area (Å²) in [5.74, 6) is -1.67. The number of amides is 1. The summed E-state index contributed by atoms with van der Waals surface area (Å²) in [4.78, 5) is 27.9. The van der Waals surface area contributed by atoms with E-state index in [1.54, 1.807) is 32.3 Å². The van der Waals surface area contributed by atoms with Gasteiger partial charge in [-0.2, -0.15) is 11.3 Å². The van der Waals surface area contributed by atoms with Gasteiger partial charge in [0.15, 0.2) is 11.5 Å². The number of Topliss-reactive ketones (excluding diaryl/α,β-unsaturated/α-hetero) is 1. The highest BCUT2D eigenvalue weighted by atomic mass is 32.1. The van der Waals surface area contributed by atoms with E-state index in [0.717, 1.165) is 22.3 Å². The van der Waals surface area contributed by atoms with Crippen molar-refractivity contribution in [2.45, 2.75) is 26.5 Å². The first-order chi connectivity index (χ1) is 15.4. The Morgan fingerprint density at radius 2 is 1.81 bits per heavy atom. The Morgan fingerprint density at radius 3 is 2.44 bits per heavy atom. The first kappa shape index (κ1) is 22.0. The van der Waals surface area contributed by atoms with Crippen LogP contribution in [0.25, 0.3) is 11.1 Å². The van der Waals surface area contributed by atoms with Crippen molar-refractivity contribution in [2.75, 3.05) is 12.0 Å². The van der Waals surface area contributed by atoms with Gasteiger partial charge in [0.2, 0.25) is 0 Å². The molecule has 0 saturated heterocycles. The Balaban J connectivity index is 1.84. The first-order valence-electron chi connectivity index (χ1n) is 10.4. The highest BCUT2D eigenvalue weighted by Crippen LogP contribution is 2.43. The van der Waals surface area contributed by atoms with Crippen molar-refractivity contribution >= 4 is 28.7 Å². The van der Waals surface area contributed by atoms with E-state index in [0.29, 0.717) is 12.3 Å². The number of hydrogen-bond acceptors (Lipinski definition) is 5. The number of anilines is 1. The third-order valence-electron chi connectivity index (χ3n) is 5.65. The molecule has 0 bridgehead atoms. The molecule has 0 spiro atoms. The molecule has 1 amide bonds. The van der Waals surface area contributed by atoms with Gasteiger partial charge in [-0.3, -0.25) is 14.5 Å². The Morgan fingerprint density at radius 1 is 1.09 bits per heavy atom. The van der Waals surface area contributed by atoms with Crippen molar-refractivity contribution in [3.8, 4) is 11.1 Å². The van der Waals surface area contributed by atoms with Crippen molar-refractivity contribution < 1.29 is 19.4 Å². The third-order valence-corrected chi connectivity index (χ3v) is 6.33. The van der Waals surface area contributed by atoms with Crippen LogP contribution in [-0.4, -0.2) is 23.9 Å². The van der Waals surface area contributed by atoms with Crippen LogP contribution < -0.4 is 4.90 Å². The summed E-state index contributed by atoms with van der Waals surface area (Å²) in [6.07, 6.45) is 0. The number of carbonyl (C=O) groups is 2. The van der Waals surface area contributed by atoms with Gasteiger partial charge in [-0.1, -0.05) is 50.2 Å². The second kappa shape index (κ2) is 9.10. The number of aliphatic hydroxyl groups excluding tert-OH is 1. The van der Waals surface area contributed by atoms with Crippen molar-refractivity contribution in [3.05, 3.63) is 87.8 Å². The quantitative estimate of drug-likeness (QED) is 0.505. The average Bonchev–Trinajstić information content (AvgIpc) is 3.42. The maximum Gasteiger partial charge on any atom is 0.294 e. The number of ketones is 1. The topological polar surface area (TPSA) is 66.8 Å². The van der Waals surface area contributed by atoms with Crippen LogP contribution in [0, 0.1) is 5.92 Å². The summed E-state index contributed by atoms with van der Waals surface area (Å²) in [6, 6.07) is 16.5. The number of hydrogen-bond donors (Lipinski definition) is 1. The summed E-state index contributed by atoms with van der Waals surface area (Å²) >= 11 is 1.62. The molecule has 1 aromatic heterocycles. The van der Waals surface area contributed by atoms with E-state index >= 15 is 0 Å². The number of nitrogens with zero attached hydrogens (tertiary/aromatic N) is 1. The number of aliphatic hydroxyl groups is 1. The van der Waals surface area contributed by atoms with Crippen molar-refractivity contribution in [3.63, 3.8) is 0 Å². The van der Waals surface area contributed by atoms with Gasteiger partial charge < -0.3 is 9.84 Å². The van der Waals surface area contributed by atoms with Crippen LogP contribution >= 0.6 is 11.3 Å². The van der Waals surface area contributed by atoms with Crippen molar-refractivity contribution in [1.29, 1.82) is 0 Å². The van der Waals surface area contributed by atoms with Gasteiger partial charge >= 0.3 is 0 Å². The molecule has 5 nitrogen and oxygen atoms in total. The van der Waals surface area contributed by atoms with E-state index in [2.05, 4.69) is 5.38 Å². The zero-order chi connectivity index (χ0) is 22.8. The summed E-state index contributed by atoms with van der Waals surface area (Å²) in [5, 5.41) is 14.9. The van der Waals surface area contributed by atoms with E-state index in [1.807, 2.05) is 60.0 Å². The van der Waals surface area contributed by atoms with Crippen LogP contribution in [0.4, 0.5) is 5.69 Å². The largest absolute Gasteiger partial charge is 0.503 e. The lowest BCUT2D eigenvalue weighted by atomic mass is 9.89. The molecule has 164 valence electrons. The van der Waals surface area contributed by atoms with Crippen molar-refractivity contribution in [2.24, 2.45) is 5.92 Å². The van der Waals surface area contributed by atoms with Gasteiger partial charge in [-0.25, -0.2) is 0 Å². The Hall–Kier alpha value is -3.22. The minimum Gasteiger partial charge on any atom is -0.503 e. The third kappa shape index (κ3) is 3.87. The number of methoxy groups -OCH3 is 1. The monoisotopic (exact) mass is 447 g/mol. The van der Waals surface area contributed by atoms with Crippen LogP contribution in [0.1, 0.15) is 31.0 Å². The molecule has 4 rings (SSSR count). The van der Waals surface area contributed by atoms with Crippen LogP contribution in [0.15, 0.2) is 76.7 Å². The number of carbonyl (C=O) groups excluding carboxylic acids is 2. The molecule has 6 heteroatoms. The molecule has 0 unspecified atom stereocenters. The Labute approximate surface area is 191 Å². The van der Waals surface area contributed by atoms with Crippen LogP contribution in [-0.2, 0) is 20.9 Å². The maximum absolute atomic E-state index is 13.2. The fourth-order valence-corrected chi connectivity index (χ4v) is 4.72. The van der Waals surface area contributed by atoms with Gasteiger partial charge in [-0.05, 0) is 51.2 Å². The highest BCUT2D eigenvalue weighted by molar-refractivity contribution is 7.08. The summed E-state index contributed by atoms with van der Waals surface area (Å²) in [7, 11) is 1.60. The molecule has 32 heavy (non-hydrogen) atoms. The molecule has 1 atom stereocenters. The first-order valence-corrected chi connectivity index (χ1v) is 11.4. The van der Waals surface area contributed by atoms with Gasteiger partial charge in [0, 0.05) is 18.7 Å². The molecule has 1 aliphatic heterocycles. The molecule has 3 aromatic rings. The van der Waals surface area contributed by atoms with Crippen LogP contribution in [0.5, 0.6) is 0 Å². The summed E-state index contributed by atoms with van der Waals surface area (Å²) < 4.78 is 5.36. The Kier molecular flexibility index (Phi) is 6.26. The van der Waals surface area contributed by atoms with Crippen LogP contribution in [0.3, 0.4) is 0 Å². The molecule has 1 N–H and O–H groups in total. The zero-order valence-electron chi connectivity index (χ0n) is 18.2. The maximum atomic E-state index is 13.2. The number of thiophene rings is 1. The minimum absolute atomic E-state index is 0.135. The molecule has 0 saturated carbocycles. The smallest absolute Gasteiger partial charge is 0.294 e. The lowest BCUT2D eigenvalue weighted by Crippen LogP contribution is -2.32. The molecule has 1 aliphatic rings. The van der Waals surface area contributed by atoms with Gasteiger partial charge in [-0.15, -0.1) is 0 Å². The summed E-state index contributed by atoms with van der Waals surface area (Å²) in [5.41, 5.74) is 4.51. The van der Waals surface area contributed by atoms with E-state index in [4.69, 9.17) is 4.74 Å². The van der Waals surface area contributed by atoms with Gasteiger partial charge in [0.1, 0.15) is 0 Å². The number of rotatable bonds is 7. The molecule has 0 radical (unpaired) electrons. The second-order valence-electron chi connectivity index (χ2n) is 8.05. The number of benzene rings is 2. The van der Waals surface area contributed by atoms with Gasteiger partial charge in [0.05, 0.1) is 18.2 Å². The lowest BCUT2D eigenvalue weighted by molar-refractivity contribution is -0.119. The van der Waals surface area contributed by atoms with E-state index in [-0.39, 0.29) is 17.3 Å². The van der Waals surface area contributed by atoms with E-state index in [1.165, 1.54) is 4.90 Å².